The zero-order valence-corrected chi connectivity index (χ0v) is 9.72. The van der Waals surface area contributed by atoms with Crippen molar-refractivity contribution < 1.29 is 9.53 Å². The summed E-state index contributed by atoms with van der Waals surface area (Å²) in [4.78, 5) is 21.4. The van der Waals surface area contributed by atoms with E-state index in [1.54, 1.807) is 18.5 Å². The van der Waals surface area contributed by atoms with Gasteiger partial charge in [0.2, 0.25) is 0 Å². The topological polar surface area (TPSA) is 55.3 Å². The van der Waals surface area contributed by atoms with Crippen molar-refractivity contribution in [1.29, 1.82) is 0 Å². The monoisotopic (exact) mass is 223 g/mol. The van der Waals surface area contributed by atoms with Gasteiger partial charge in [-0.1, -0.05) is 6.92 Å². The highest BCUT2D eigenvalue weighted by atomic mass is 16.5. The summed E-state index contributed by atoms with van der Waals surface area (Å²) in [5, 5.41) is 0. The van der Waals surface area contributed by atoms with Crippen LogP contribution in [0.25, 0.3) is 0 Å². The molecule has 0 bridgehead atoms. The molecule has 0 saturated carbocycles. The second-order valence-electron chi connectivity index (χ2n) is 3.45. The van der Waals surface area contributed by atoms with Gasteiger partial charge in [0.25, 0.3) is 0 Å². The number of rotatable bonds is 6. The molecule has 0 amide bonds. The van der Waals surface area contributed by atoms with Crippen molar-refractivity contribution in [1.82, 2.24) is 14.9 Å². The minimum absolute atomic E-state index is 0.232. The molecule has 0 aromatic carbocycles. The first kappa shape index (κ1) is 12.6. The van der Waals surface area contributed by atoms with Crippen LogP contribution >= 0.6 is 0 Å². The van der Waals surface area contributed by atoms with E-state index in [0.717, 1.165) is 18.8 Å². The fourth-order valence-corrected chi connectivity index (χ4v) is 1.39. The highest BCUT2D eigenvalue weighted by molar-refractivity contribution is 5.71. The molecular weight excluding hydrogens is 206 g/mol. The first-order valence-electron chi connectivity index (χ1n) is 5.31. The molecule has 0 unspecified atom stereocenters. The Morgan fingerprint density at radius 3 is 2.69 bits per heavy atom. The Morgan fingerprint density at radius 2 is 2.12 bits per heavy atom. The minimum atomic E-state index is -0.232. The molecule has 0 aliphatic carbocycles. The van der Waals surface area contributed by atoms with Gasteiger partial charge in [-0.05, 0) is 19.0 Å². The van der Waals surface area contributed by atoms with Crippen molar-refractivity contribution in [2.45, 2.75) is 19.9 Å². The number of ether oxygens (including phenoxy) is 1. The maximum absolute atomic E-state index is 11.2. The largest absolute Gasteiger partial charge is 0.468 e. The Hall–Kier alpha value is -1.49. The maximum Gasteiger partial charge on any atom is 0.319 e. The summed E-state index contributed by atoms with van der Waals surface area (Å²) in [5.41, 5.74) is 0. The Kier molecular flexibility index (Phi) is 5.42. The van der Waals surface area contributed by atoms with E-state index in [0.29, 0.717) is 6.54 Å². The van der Waals surface area contributed by atoms with E-state index in [-0.39, 0.29) is 12.5 Å². The molecule has 0 spiro atoms. The van der Waals surface area contributed by atoms with Crippen LogP contribution in [0.4, 0.5) is 0 Å². The summed E-state index contributed by atoms with van der Waals surface area (Å²) in [6.45, 7) is 3.75. The van der Waals surface area contributed by atoms with E-state index < -0.39 is 0 Å². The van der Waals surface area contributed by atoms with Gasteiger partial charge in [-0.15, -0.1) is 0 Å². The van der Waals surface area contributed by atoms with Crippen molar-refractivity contribution in [2.24, 2.45) is 0 Å². The highest BCUT2D eigenvalue weighted by Gasteiger charge is 2.11. The van der Waals surface area contributed by atoms with Gasteiger partial charge in [0.15, 0.2) is 0 Å². The highest BCUT2D eigenvalue weighted by Crippen LogP contribution is 1.99. The van der Waals surface area contributed by atoms with Gasteiger partial charge >= 0.3 is 5.97 Å². The average molecular weight is 223 g/mol. The number of methoxy groups -OCH3 is 1. The lowest BCUT2D eigenvalue weighted by Gasteiger charge is -2.18. The molecule has 1 heterocycles. The van der Waals surface area contributed by atoms with Crippen LogP contribution < -0.4 is 0 Å². The Balaban J connectivity index is 2.54. The van der Waals surface area contributed by atoms with Gasteiger partial charge in [-0.3, -0.25) is 9.69 Å². The molecule has 0 saturated heterocycles. The molecular formula is C11H17N3O2. The van der Waals surface area contributed by atoms with Gasteiger partial charge in [0.1, 0.15) is 5.82 Å². The molecule has 16 heavy (non-hydrogen) atoms. The summed E-state index contributed by atoms with van der Waals surface area (Å²) in [7, 11) is 1.39. The predicted octanol–water partition coefficient (Wildman–Crippen LogP) is 0.862. The molecule has 0 atom stereocenters. The van der Waals surface area contributed by atoms with E-state index in [9.17, 15) is 4.79 Å². The number of hydrogen-bond acceptors (Lipinski definition) is 5. The van der Waals surface area contributed by atoms with Crippen molar-refractivity contribution in [3.05, 3.63) is 24.3 Å². The van der Waals surface area contributed by atoms with Crippen molar-refractivity contribution in [3.63, 3.8) is 0 Å². The summed E-state index contributed by atoms with van der Waals surface area (Å²) in [5.74, 6) is 0.490. The fraction of sp³-hybridized carbons (Fsp3) is 0.545. The molecule has 0 fully saturated rings. The standard InChI is InChI=1S/C11H17N3O2/c1-3-7-14(9-11(15)16-2)8-10-12-5-4-6-13-10/h4-6H,3,7-9H2,1-2H3. The molecule has 1 aromatic rings. The van der Waals surface area contributed by atoms with Crippen LogP contribution in [0.15, 0.2) is 18.5 Å². The first-order chi connectivity index (χ1) is 7.76. The maximum atomic E-state index is 11.2. The van der Waals surface area contributed by atoms with E-state index in [4.69, 9.17) is 0 Å². The van der Waals surface area contributed by atoms with Gasteiger partial charge in [-0.25, -0.2) is 9.97 Å². The normalized spacial score (nSPS) is 10.4. The Morgan fingerprint density at radius 1 is 1.44 bits per heavy atom. The van der Waals surface area contributed by atoms with Crippen LogP contribution in [0.2, 0.25) is 0 Å². The number of carbonyl (C=O) groups is 1. The summed E-state index contributed by atoms with van der Waals surface area (Å²) in [6, 6.07) is 1.77. The van der Waals surface area contributed by atoms with Crippen LogP contribution in [0.5, 0.6) is 0 Å². The number of carbonyl (C=O) groups excluding carboxylic acids is 1. The lowest BCUT2D eigenvalue weighted by molar-refractivity contribution is -0.142. The van der Waals surface area contributed by atoms with Gasteiger partial charge in [-0.2, -0.15) is 0 Å². The summed E-state index contributed by atoms with van der Waals surface area (Å²) >= 11 is 0. The van der Waals surface area contributed by atoms with Crippen molar-refractivity contribution in [2.75, 3.05) is 20.2 Å². The zero-order chi connectivity index (χ0) is 11.8. The molecule has 0 N–H and O–H groups in total. The summed E-state index contributed by atoms with van der Waals surface area (Å²) in [6.07, 6.45) is 4.37. The Bertz CT molecular complexity index is 316. The van der Waals surface area contributed by atoms with Crippen LogP contribution in [0, 0.1) is 0 Å². The number of hydrogen-bond donors (Lipinski definition) is 0. The minimum Gasteiger partial charge on any atom is -0.468 e. The fourth-order valence-electron chi connectivity index (χ4n) is 1.39. The molecule has 5 heteroatoms. The van der Waals surface area contributed by atoms with Crippen LogP contribution in [0.1, 0.15) is 19.2 Å². The average Bonchev–Trinajstić information content (AvgIpc) is 2.30. The third-order valence-electron chi connectivity index (χ3n) is 2.10. The third kappa shape index (κ3) is 4.35. The van der Waals surface area contributed by atoms with E-state index >= 15 is 0 Å². The molecule has 5 nitrogen and oxygen atoms in total. The smallest absolute Gasteiger partial charge is 0.319 e. The second kappa shape index (κ2) is 6.90. The quantitative estimate of drug-likeness (QED) is 0.669. The molecule has 88 valence electrons. The lowest BCUT2D eigenvalue weighted by atomic mass is 10.3. The Labute approximate surface area is 95.5 Å². The second-order valence-corrected chi connectivity index (χ2v) is 3.45. The lowest BCUT2D eigenvalue weighted by Crippen LogP contribution is -2.31. The molecule has 0 aliphatic rings. The van der Waals surface area contributed by atoms with E-state index in [2.05, 4.69) is 21.6 Å². The predicted molar refractivity (Wildman–Crippen MR) is 59.6 cm³/mol. The van der Waals surface area contributed by atoms with Crippen molar-refractivity contribution in [3.8, 4) is 0 Å². The summed E-state index contributed by atoms with van der Waals surface area (Å²) < 4.78 is 4.64. The van der Waals surface area contributed by atoms with Crippen LogP contribution in [-0.2, 0) is 16.1 Å². The van der Waals surface area contributed by atoms with Gasteiger partial charge in [0.05, 0.1) is 20.2 Å². The van der Waals surface area contributed by atoms with Crippen LogP contribution in [-0.4, -0.2) is 41.0 Å². The van der Waals surface area contributed by atoms with E-state index in [1.165, 1.54) is 7.11 Å². The zero-order valence-electron chi connectivity index (χ0n) is 9.72. The third-order valence-corrected chi connectivity index (χ3v) is 2.10. The first-order valence-corrected chi connectivity index (χ1v) is 5.31. The molecule has 0 aliphatic heterocycles. The van der Waals surface area contributed by atoms with E-state index in [1.807, 2.05) is 4.90 Å². The van der Waals surface area contributed by atoms with Gasteiger partial charge < -0.3 is 4.74 Å². The van der Waals surface area contributed by atoms with Crippen molar-refractivity contribution >= 4 is 5.97 Å². The molecule has 1 aromatic heterocycles. The van der Waals surface area contributed by atoms with Crippen LogP contribution in [0.3, 0.4) is 0 Å². The molecule has 0 radical (unpaired) electrons. The molecule has 1 rings (SSSR count). The van der Waals surface area contributed by atoms with Gasteiger partial charge in [0, 0.05) is 12.4 Å². The number of esters is 1. The number of aromatic nitrogens is 2. The number of nitrogens with zero attached hydrogens (tertiary/aromatic N) is 3. The SMILES string of the molecule is CCCN(CC(=O)OC)Cc1ncccn1.